The van der Waals surface area contributed by atoms with Gasteiger partial charge < -0.3 is 10.2 Å². The Labute approximate surface area is 136 Å². The molecule has 1 heterocycles. The Morgan fingerprint density at radius 1 is 1.22 bits per heavy atom. The normalized spacial score (nSPS) is 11.0. The number of benzene rings is 1. The van der Waals surface area contributed by atoms with Gasteiger partial charge in [0.15, 0.2) is 0 Å². The van der Waals surface area contributed by atoms with Crippen LogP contribution in [0.2, 0.25) is 0 Å². The second-order valence-electron chi connectivity index (χ2n) is 4.90. The Kier molecular flexibility index (Phi) is 6.17. The number of amides is 1. The van der Waals surface area contributed by atoms with Crippen molar-refractivity contribution in [3.63, 3.8) is 0 Å². The summed E-state index contributed by atoms with van der Waals surface area (Å²) in [5.74, 6) is 0.441. The number of aromatic nitrogens is 1. The van der Waals surface area contributed by atoms with E-state index in [-0.39, 0.29) is 5.91 Å². The first-order valence-electron chi connectivity index (χ1n) is 7.58. The molecule has 2 aromatic rings. The number of hydroxylamine groups is 1. The van der Waals surface area contributed by atoms with Crippen molar-refractivity contribution in [2.24, 2.45) is 0 Å². The molecule has 0 fully saturated rings. The molecule has 5 nitrogen and oxygen atoms in total. The summed E-state index contributed by atoms with van der Waals surface area (Å²) in [6.45, 7) is 4.45. The maximum Gasteiger partial charge on any atom is 0.285 e. The fourth-order valence-electron chi connectivity index (χ4n) is 2.04. The summed E-state index contributed by atoms with van der Waals surface area (Å²) < 4.78 is 0. The van der Waals surface area contributed by atoms with Crippen LogP contribution in [0.1, 0.15) is 36.2 Å². The number of pyridine rings is 1. The molecule has 0 saturated heterocycles. The van der Waals surface area contributed by atoms with Crippen LogP contribution >= 0.6 is 0 Å². The Bertz CT molecular complexity index is 669. The predicted octanol–water partition coefficient (Wildman–Crippen LogP) is 3.67. The summed E-state index contributed by atoms with van der Waals surface area (Å²) in [5.41, 5.74) is 4.86. The lowest BCUT2D eigenvalue weighted by Gasteiger charge is -2.13. The van der Waals surface area contributed by atoms with E-state index in [2.05, 4.69) is 15.8 Å². The molecular weight excluding hydrogens is 290 g/mol. The van der Waals surface area contributed by atoms with E-state index in [0.29, 0.717) is 12.1 Å². The fourth-order valence-corrected chi connectivity index (χ4v) is 2.04. The van der Waals surface area contributed by atoms with E-state index in [0.717, 1.165) is 23.4 Å². The van der Waals surface area contributed by atoms with Crippen LogP contribution in [-0.2, 0) is 11.4 Å². The minimum absolute atomic E-state index is 0.282. The molecule has 120 valence electrons. The van der Waals surface area contributed by atoms with Gasteiger partial charge in [0, 0.05) is 31.0 Å². The molecule has 0 aliphatic heterocycles. The second kappa shape index (κ2) is 8.58. The van der Waals surface area contributed by atoms with Crippen LogP contribution in [0.4, 0.5) is 5.69 Å². The summed E-state index contributed by atoms with van der Waals surface area (Å²) in [4.78, 5) is 21.6. The van der Waals surface area contributed by atoms with Crippen molar-refractivity contribution in [2.45, 2.75) is 26.8 Å². The highest BCUT2D eigenvalue weighted by Crippen LogP contribution is 2.16. The van der Waals surface area contributed by atoms with Crippen LogP contribution in [0.15, 0.2) is 60.6 Å². The third-order valence-electron chi connectivity index (χ3n) is 3.35. The number of hydrogen-bond acceptors (Lipinski definition) is 4. The van der Waals surface area contributed by atoms with Crippen LogP contribution in [0, 0.1) is 0 Å². The first-order valence-corrected chi connectivity index (χ1v) is 7.58. The van der Waals surface area contributed by atoms with Crippen LogP contribution in [0.5, 0.6) is 0 Å². The third kappa shape index (κ3) is 4.85. The third-order valence-corrected chi connectivity index (χ3v) is 3.35. The molecule has 0 spiro atoms. The number of carbonyl (C=O) groups excluding carboxylic acids is 1. The molecule has 0 bridgehead atoms. The van der Waals surface area contributed by atoms with Crippen molar-refractivity contribution in [3.8, 4) is 0 Å². The number of nitrogens with zero attached hydrogens (tertiary/aromatic N) is 1. The maximum atomic E-state index is 12.3. The molecule has 0 saturated carbocycles. The van der Waals surface area contributed by atoms with Crippen molar-refractivity contribution in [1.82, 2.24) is 10.5 Å². The van der Waals surface area contributed by atoms with Gasteiger partial charge in [-0.05, 0) is 42.8 Å². The molecule has 0 radical (unpaired) electrons. The minimum Gasteiger partial charge on any atom is -0.384 e. The molecule has 0 atom stereocenters. The van der Waals surface area contributed by atoms with E-state index < -0.39 is 0 Å². The van der Waals surface area contributed by atoms with Crippen molar-refractivity contribution < 1.29 is 9.63 Å². The molecular formula is C18H21N3O2. The molecule has 2 rings (SSSR count). The highest BCUT2D eigenvalue weighted by molar-refractivity contribution is 5.99. The van der Waals surface area contributed by atoms with Gasteiger partial charge in [-0.2, -0.15) is 5.48 Å². The zero-order valence-electron chi connectivity index (χ0n) is 13.4. The first-order chi connectivity index (χ1) is 11.2. The van der Waals surface area contributed by atoms with E-state index in [1.54, 1.807) is 18.5 Å². The summed E-state index contributed by atoms with van der Waals surface area (Å²) in [6.07, 6.45) is 6.03. The van der Waals surface area contributed by atoms with Gasteiger partial charge in [0.1, 0.15) is 5.76 Å². The summed E-state index contributed by atoms with van der Waals surface area (Å²) >= 11 is 0. The van der Waals surface area contributed by atoms with Gasteiger partial charge in [0.2, 0.25) is 0 Å². The average Bonchev–Trinajstić information content (AvgIpc) is 2.62. The largest absolute Gasteiger partial charge is 0.384 e. The van der Waals surface area contributed by atoms with Crippen molar-refractivity contribution in [3.05, 3.63) is 71.8 Å². The summed E-state index contributed by atoms with van der Waals surface area (Å²) in [5, 5.41) is 3.27. The molecule has 0 aliphatic carbocycles. The van der Waals surface area contributed by atoms with Gasteiger partial charge >= 0.3 is 0 Å². The Morgan fingerprint density at radius 2 is 1.96 bits per heavy atom. The van der Waals surface area contributed by atoms with E-state index in [1.165, 1.54) is 0 Å². The van der Waals surface area contributed by atoms with Gasteiger partial charge in [0.05, 0.1) is 5.56 Å². The van der Waals surface area contributed by atoms with Gasteiger partial charge in [-0.25, -0.2) is 0 Å². The number of anilines is 1. The van der Waals surface area contributed by atoms with Gasteiger partial charge in [-0.15, -0.1) is 0 Å². The number of rotatable bonds is 7. The van der Waals surface area contributed by atoms with Crippen molar-refractivity contribution >= 4 is 11.6 Å². The highest BCUT2D eigenvalue weighted by Gasteiger charge is 2.11. The van der Waals surface area contributed by atoms with Crippen molar-refractivity contribution in [1.29, 1.82) is 0 Å². The number of para-hydroxylation sites is 1. The second-order valence-corrected chi connectivity index (χ2v) is 4.90. The Morgan fingerprint density at radius 3 is 2.65 bits per heavy atom. The Hall–Kier alpha value is -2.82. The average molecular weight is 311 g/mol. The molecule has 23 heavy (non-hydrogen) atoms. The first kappa shape index (κ1) is 16.5. The SMILES string of the molecule is CC=C(CC)ONC(=O)c1ccccc1NCc1ccncc1. The minimum atomic E-state index is -0.282. The molecule has 2 N–H and O–H groups in total. The fraction of sp³-hybridized carbons (Fsp3) is 0.222. The van der Waals surface area contributed by atoms with E-state index in [1.807, 2.05) is 50.3 Å². The number of hydrogen-bond donors (Lipinski definition) is 2. The lowest BCUT2D eigenvalue weighted by molar-refractivity contribution is 0.0566. The van der Waals surface area contributed by atoms with Gasteiger partial charge in [0.25, 0.3) is 5.91 Å². The smallest absolute Gasteiger partial charge is 0.285 e. The quantitative estimate of drug-likeness (QED) is 0.605. The van der Waals surface area contributed by atoms with E-state index in [9.17, 15) is 4.79 Å². The highest BCUT2D eigenvalue weighted by atomic mass is 16.7. The van der Waals surface area contributed by atoms with Crippen LogP contribution in [-0.4, -0.2) is 10.9 Å². The topological polar surface area (TPSA) is 63.2 Å². The summed E-state index contributed by atoms with van der Waals surface area (Å²) in [7, 11) is 0. The lowest BCUT2D eigenvalue weighted by atomic mass is 10.1. The number of allylic oxidation sites excluding steroid dienone is 2. The maximum absolute atomic E-state index is 12.3. The van der Waals surface area contributed by atoms with Gasteiger partial charge in [-0.3, -0.25) is 9.78 Å². The zero-order valence-corrected chi connectivity index (χ0v) is 13.4. The predicted molar refractivity (Wildman–Crippen MR) is 90.6 cm³/mol. The number of carbonyl (C=O) groups is 1. The van der Waals surface area contributed by atoms with Crippen LogP contribution in [0.25, 0.3) is 0 Å². The van der Waals surface area contributed by atoms with Crippen molar-refractivity contribution in [2.75, 3.05) is 5.32 Å². The molecule has 0 unspecified atom stereocenters. The lowest BCUT2D eigenvalue weighted by Crippen LogP contribution is -2.24. The number of nitrogens with one attached hydrogen (secondary N) is 2. The Balaban J connectivity index is 2.03. The monoisotopic (exact) mass is 311 g/mol. The van der Waals surface area contributed by atoms with Crippen LogP contribution < -0.4 is 10.8 Å². The molecule has 5 heteroatoms. The molecule has 1 amide bonds. The van der Waals surface area contributed by atoms with E-state index >= 15 is 0 Å². The van der Waals surface area contributed by atoms with Crippen LogP contribution in [0.3, 0.4) is 0 Å². The molecule has 0 aliphatic rings. The molecule has 1 aromatic heterocycles. The molecule has 1 aromatic carbocycles. The van der Waals surface area contributed by atoms with E-state index in [4.69, 9.17) is 4.84 Å². The standard InChI is InChI=1S/C18H21N3O2/c1-3-15(4-2)23-21-18(22)16-7-5-6-8-17(16)20-13-14-9-11-19-12-10-14/h3,5-12,20H,4,13H2,1-2H3,(H,21,22). The zero-order chi connectivity index (χ0) is 16.5. The van der Waals surface area contributed by atoms with Gasteiger partial charge in [-0.1, -0.05) is 19.1 Å². The summed E-state index contributed by atoms with van der Waals surface area (Å²) in [6, 6.07) is 11.2.